The zero-order valence-corrected chi connectivity index (χ0v) is 11.2. The lowest BCUT2D eigenvalue weighted by Crippen LogP contribution is -2.22. The molecule has 0 aliphatic carbocycles. The number of alkyl halides is 1. The van der Waals surface area contributed by atoms with E-state index in [0.29, 0.717) is 11.3 Å². The van der Waals surface area contributed by atoms with Gasteiger partial charge in [0, 0.05) is 4.90 Å². The van der Waals surface area contributed by atoms with Crippen molar-refractivity contribution >= 4 is 16.6 Å². The number of rotatable bonds is 7. The van der Waals surface area contributed by atoms with E-state index in [1.807, 2.05) is 19.1 Å². The van der Waals surface area contributed by atoms with E-state index in [1.165, 1.54) is 0 Å². The van der Waals surface area contributed by atoms with Crippen LogP contribution in [0.3, 0.4) is 0 Å². The lowest BCUT2D eigenvalue weighted by molar-refractivity contribution is -0.121. The van der Waals surface area contributed by atoms with Crippen molar-refractivity contribution in [3.8, 4) is 0 Å². The first kappa shape index (κ1) is 14.8. The van der Waals surface area contributed by atoms with Gasteiger partial charge >= 0.3 is 0 Å². The second-order valence-corrected chi connectivity index (χ2v) is 5.55. The van der Waals surface area contributed by atoms with Crippen molar-refractivity contribution in [2.45, 2.75) is 30.8 Å². The summed E-state index contributed by atoms with van der Waals surface area (Å²) in [5, 5.41) is 0. The van der Waals surface area contributed by atoms with E-state index in [2.05, 4.69) is 6.58 Å². The van der Waals surface area contributed by atoms with Crippen LogP contribution in [0.15, 0.2) is 41.8 Å². The fourth-order valence-corrected chi connectivity index (χ4v) is 2.46. The Morgan fingerprint density at radius 3 is 2.61 bits per heavy atom. The maximum atomic E-state index is 13.4. The minimum absolute atomic E-state index is 0.118. The highest BCUT2D eigenvalue weighted by molar-refractivity contribution is 7.85. The van der Waals surface area contributed by atoms with Gasteiger partial charge in [0.2, 0.25) is 0 Å². The smallest absolute Gasteiger partial charge is 0.179 e. The molecule has 1 rings (SSSR count). The highest BCUT2D eigenvalue weighted by Crippen LogP contribution is 2.11. The number of benzene rings is 1. The molecule has 0 unspecified atom stereocenters. The van der Waals surface area contributed by atoms with Crippen LogP contribution in [0.5, 0.6) is 0 Å². The third kappa shape index (κ3) is 4.53. The van der Waals surface area contributed by atoms with E-state index in [4.69, 9.17) is 0 Å². The Balaban J connectivity index is 2.56. The molecule has 2 atom stereocenters. The van der Waals surface area contributed by atoms with E-state index in [0.717, 1.165) is 5.56 Å². The van der Waals surface area contributed by atoms with Gasteiger partial charge in [0.25, 0.3) is 0 Å². The molecular weight excluding hydrogens is 251 g/mol. The predicted octanol–water partition coefficient (Wildman–Crippen LogP) is 2.98. The second-order valence-electron chi connectivity index (χ2n) is 4.10. The molecule has 0 fully saturated rings. The molecule has 0 aromatic heterocycles. The Hall–Kier alpha value is -1.29. The number of carbonyl (C=O) groups excluding carboxylic acids is 1. The first-order valence-corrected chi connectivity index (χ1v) is 7.09. The highest BCUT2D eigenvalue weighted by atomic mass is 32.2. The molecule has 1 aromatic carbocycles. The number of carbonyl (C=O) groups is 1. The molecule has 1 aromatic rings. The Kier molecular flexibility index (Phi) is 5.92. The molecule has 18 heavy (non-hydrogen) atoms. The van der Waals surface area contributed by atoms with Gasteiger partial charge in [0.05, 0.1) is 16.6 Å². The third-order valence-corrected chi connectivity index (χ3v) is 3.88. The topological polar surface area (TPSA) is 34.1 Å². The second kappa shape index (κ2) is 7.21. The summed E-state index contributed by atoms with van der Waals surface area (Å²) in [4.78, 5) is 12.1. The van der Waals surface area contributed by atoms with E-state index in [-0.39, 0.29) is 12.2 Å². The van der Waals surface area contributed by atoms with Crippen LogP contribution in [0.25, 0.3) is 0 Å². The Bertz CT molecular complexity index is 440. The molecule has 0 aliphatic heterocycles. The maximum absolute atomic E-state index is 13.4. The van der Waals surface area contributed by atoms with Crippen molar-refractivity contribution in [2.75, 3.05) is 5.75 Å². The fourth-order valence-electron chi connectivity index (χ4n) is 1.42. The summed E-state index contributed by atoms with van der Waals surface area (Å²) < 4.78 is 25.2. The zero-order chi connectivity index (χ0) is 13.5. The van der Waals surface area contributed by atoms with E-state index < -0.39 is 22.8 Å². The molecule has 0 spiro atoms. The number of ketones is 1. The third-order valence-electron chi connectivity index (χ3n) is 2.53. The number of allylic oxidation sites excluding steroid dienone is 1. The van der Waals surface area contributed by atoms with Crippen molar-refractivity contribution < 1.29 is 13.4 Å². The van der Waals surface area contributed by atoms with Gasteiger partial charge < -0.3 is 0 Å². The average molecular weight is 268 g/mol. The molecule has 0 aliphatic rings. The lowest BCUT2D eigenvalue weighted by atomic mass is 10.1. The van der Waals surface area contributed by atoms with E-state index in [1.54, 1.807) is 18.2 Å². The largest absolute Gasteiger partial charge is 0.295 e. The van der Waals surface area contributed by atoms with Crippen LogP contribution in [-0.4, -0.2) is 21.9 Å². The Morgan fingerprint density at radius 2 is 2.06 bits per heavy atom. The van der Waals surface area contributed by atoms with E-state index >= 15 is 0 Å². The molecule has 0 heterocycles. The minimum Gasteiger partial charge on any atom is -0.295 e. The molecule has 4 heteroatoms. The van der Waals surface area contributed by atoms with Crippen LogP contribution in [0, 0.1) is 6.92 Å². The Morgan fingerprint density at radius 1 is 1.44 bits per heavy atom. The Labute approximate surface area is 109 Å². The highest BCUT2D eigenvalue weighted by Gasteiger charge is 2.19. The molecule has 0 bridgehead atoms. The minimum atomic E-state index is -1.54. The summed E-state index contributed by atoms with van der Waals surface area (Å²) in [6.45, 7) is 5.39. The molecule has 98 valence electrons. The lowest BCUT2D eigenvalue weighted by Gasteiger charge is -2.06. The number of Topliss-reactive ketones (excluding diaryl/α,β-unsaturated/α-hetero) is 1. The van der Waals surface area contributed by atoms with Crippen molar-refractivity contribution in [3.63, 3.8) is 0 Å². The average Bonchev–Trinajstić information content (AvgIpc) is 2.36. The number of aryl methyl sites for hydroxylation is 1. The SMILES string of the molecule is C=CCC[C@@H](F)C(=O)C[S@](=O)c1ccc(C)cc1. The molecule has 0 N–H and O–H groups in total. The zero-order valence-electron chi connectivity index (χ0n) is 10.4. The van der Waals surface area contributed by atoms with Gasteiger partial charge in [-0.3, -0.25) is 9.00 Å². The van der Waals surface area contributed by atoms with Gasteiger partial charge in [-0.2, -0.15) is 0 Å². The van der Waals surface area contributed by atoms with Crippen molar-refractivity contribution in [2.24, 2.45) is 0 Å². The summed E-state index contributed by atoms with van der Waals surface area (Å²) in [6.07, 6.45) is 0.589. The normalized spacial score (nSPS) is 13.9. The fraction of sp³-hybridized carbons (Fsp3) is 0.357. The monoisotopic (exact) mass is 268 g/mol. The van der Waals surface area contributed by atoms with Crippen LogP contribution in [0.4, 0.5) is 4.39 Å². The van der Waals surface area contributed by atoms with Gasteiger partial charge in [-0.1, -0.05) is 23.8 Å². The van der Waals surface area contributed by atoms with Crippen LogP contribution >= 0.6 is 0 Å². The standard InChI is InChI=1S/C14H17FO2S/c1-3-4-5-13(15)14(16)10-18(17)12-8-6-11(2)7-9-12/h3,6-9,13H,1,4-5,10H2,2H3/t13-,18+/m1/s1. The molecular formula is C14H17FO2S. The number of hydrogen-bond acceptors (Lipinski definition) is 2. The first-order valence-electron chi connectivity index (χ1n) is 5.77. The maximum Gasteiger partial charge on any atom is 0.179 e. The molecule has 0 radical (unpaired) electrons. The van der Waals surface area contributed by atoms with Crippen LogP contribution < -0.4 is 0 Å². The van der Waals surface area contributed by atoms with Gasteiger partial charge in [0.1, 0.15) is 0 Å². The van der Waals surface area contributed by atoms with Crippen LogP contribution in [0.2, 0.25) is 0 Å². The van der Waals surface area contributed by atoms with Gasteiger partial charge in [-0.25, -0.2) is 4.39 Å². The van der Waals surface area contributed by atoms with E-state index in [9.17, 15) is 13.4 Å². The van der Waals surface area contributed by atoms with Crippen molar-refractivity contribution in [3.05, 3.63) is 42.5 Å². The summed E-state index contributed by atoms with van der Waals surface area (Å²) >= 11 is 0. The predicted molar refractivity (Wildman–Crippen MR) is 71.8 cm³/mol. The van der Waals surface area contributed by atoms with Crippen molar-refractivity contribution in [1.29, 1.82) is 0 Å². The molecule has 0 amide bonds. The molecule has 0 saturated carbocycles. The summed E-state index contributed by atoms with van der Waals surface area (Å²) in [5.41, 5.74) is 1.05. The van der Waals surface area contributed by atoms with Gasteiger partial charge in [0.15, 0.2) is 12.0 Å². The van der Waals surface area contributed by atoms with Gasteiger partial charge in [-0.05, 0) is 31.9 Å². The first-order chi connectivity index (χ1) is 8.54. The quantitative estimate of drug-likeness (QED) is 0.712. The summed E-state index contributed by atoms with van der Waals surface area (Å²) in [7, 11) is -1.46. The summed E-state index contributed by atoms with van der Waals surface area (Å²) in [5.74, 6) is -0.864. The summed E-state index contributed by atoms with van der Waals surface area (Å²) in [6, 6.07) is 7.05. The number of halogens is 1. The number of hydrogen-bond donors (Lipinski definition) is 0. The molecule has 0 saturated heterocycles. The van der Waals surface area contributed by atoms with Gasteiger partial charge in [-0.15, -0.1) is 6.58 Å². The van der Waals surface area contributed by atoms with Crippen molar-refractivity contribution in [1.82, 2.24) is 0 Å². The van der Waals surface area contributed by atoms with Crippen LogP contribution in [-0.2, 0) is 15.6 Å². The molecule has 2 nitrogen and oxygen atoms in total. The van der Waals surface area contributed by atoms with Crippen LogP contribution in [0.1, 0.15) is 18.4 Å².